The molecule has 20 heavy (non-hydrogen) atoms. The van der Waals surface area contributed by atoms with E-state index in [2.05, 4.69) is 21.1 Å². The number of ether oxygens (including phenoxy) is 1. The summed E-state index contributed by atoms with van der Waals surface area (Å²) in [5.74, 6) is 0.563. The Bertz CT molecular complexity index is 478. The van der Waals surface area contributed by atoms with Gasteiger partial charge in [0.05, 0.1) is 11.1 Å². The Morgan fingerprint density at radius 3 is 2.75 bits per heavy atom. The molecule has 0 aliphatic rings. The summed E-state index contributed by atoms with van der Waals surface area (Å²) >= 11 is 3.11. The molecule has 0 saturated carbocycles. The Labute approximate surface area is 126 Å². The first-order valence-electron chi connectivity index (χ1n) is 6.42. The lowest BCUT2D eigenvalue weighted by Gasteiger charge is -2.22. The predicted molar refractivity (Wildman–Crippen MR) is 80.6 cm³/mol. The van der Waals surface area contributed by atoms with Gasteiger partial charge in [0.2, 0.25) is 0 Å². The minimum absolute atomic E-state index is 0.237. The SMILES string of the molecule is CC(C)(CCCCOc1ccc(F)c(Br)c1)/C(N)=N/O. The third-order valence-corrected chi connectivity index (χ3v) is 3.76. The topological polar surface area (TPSA) is 67.8 Å². The summed E-state index contributed by atoms with van der Waals surface area (Å²) in [6, 6.07) is 4.57. The molecule has 0 aliphatic heterocycles. The van der Waals surface area contributed by atoms with E-state index in [9.17, 15) is 4.39 Å². The van der Waals surface area contributed by atoms with Gasteiger partial charge in [0, 0.05) is 5.41 Å². The van der Waals surface area contributed by atoms with Crippen LogP contribution in [0.4, 0.5) is 4.39 Å². The Morgan fingerprint density at radius 2 is 2.15 bits per heavy atom. The number of unbranched alkanes of at least 4 members (excludes halogenated alkanes) is 1. The van der Waals surface area contributed by atoms with E-state index in [0.717, 1.165) is 19.3 Å². The van der Waals surface area contributed by atoms with E-state index in [-0.39, 0.29) is 17.1 Å². The first kappa shape index (κ1) is 16.8. The second kappa shape index (κ2) is 7.47. The number of oxime groups is 1. The predicted octanol–water partition coefficient (Wildman–Crippen LogP) is 3.91. The number of hydrogen-bond acceptors (Lipinski definition) is 3. The molecule has 0 saturated heterocycles. The zero-order valence-electron chi connectivity index (χ0n) is 11.7. The molecule has 1 rings (SSSR count). The summed E-state index contributed by atoms with van der Waals surface area (Å²) in [6.07, 6.45) is 2.54. The number of halogens is 2. The van der Waals surface area contributed by atoms with Gasteiger partial charge in [-0.1, -0.05) is 19.0 Å². The van der Waals surface area contributed by atoms with Gasteiger partial charge in [0.1, 0.15) is 17.4 Å². The van der Waals surface area contributed by atoms with Gasteiger partial charge in [-0.3, -0.25) is 0 Å². The van der Waals surface area contributed by atoms with Crippen LogP contribution in [0.2, 0.25) is 0 Å². The highest BCUT2D eigenvalue weighted by molar-refractivity contribution is 9.10. The summed E-state index contributed by atoms with van der Waals surface area (Å²) in [7, 11) is 0. The summed E-state index contributed by atoms with van der Waals surface area (Å²) in [5, 5.41) is 11.7. The van der Waals surface area contributed by atoms with Gasteiger partial charge in [-0.2, -0.15) is 0 Å². The van der Waals surface area contributed by atoms with Crippen LogP contribution in [-0.4, -0.2) is 17.6 Å². The van der Waals surface area contributed by atoms with Crippen LogP contribution in [-0.2, 0) is 0 Å². The van der Waals surface area contributed by atoms with Gasteiger partial charge in [-0.05, 0) is 53.4 Å². The van der Waals surface area contributed by atoms with Crippen molar-refractivity contribution in [2.75, 3.05) is 6.61 Å². The number of hydrogen-bond donors (Lipinski definition) is 2. The smallest absolute Gasteiger partial charge is 0.144 e. The number of nitrogens with two attached hydrogens (primary N) is 1. The largest absolute Gasteiger partial charge is 0.494 e. The average Bonchev–Trinajstić information content (AvgIpc) is 2.41. The van der Waals surface area contributed by atoms with Crippen LogP contribution in [0.15, 0.2) is 27.8 Å². The number of amidine groups is 1. The van der Waals surface area contributed by atoms with Crippen LogP contribution in [0, 0.1) is 11.2 Å². The van der Waals surface area contributed by atoms with Crippen LogP contribution in [0.25, 0.3) is 0 Å². The first-order valence-corrected chi connectivity index (χ1v) is 7.22. The normalized spacial score (nSPS) is 12.5. The van der Waals surface area contributed by atoms with Gasteiger partial charge in [0.15, 0.2) is 0 Å². The van der Waals surface area contributed by atoms with Crippen molar-refractivity contribution in [2.24, 2.45) is 16.3 Å². The van der Waals surface area contributed by atoms with Crippen molar-refractivity contribution in [1.29, 1.82) is 0 Å². The van der Waals surface area contributed by atoms with E-state index in [1.54, 1.807) is 12.1 Å². The van der Waals surface area contributed by atoms with Crippen LogP contribution in [0.3, 0.4) is 0 Å². The molecule has 0 aliphatic carbocycles. The van der Waals surface area contributed by atoms with E-state index in [1.165, 1.54) is 6.07 Å². The maximum Gasteiger partial charge on any atom is 0.144 e. The molecule has 1 aromatic rings. The molecular weight excluding hydrogens is 327 g/mol. The van der Waals surface area contributed by atoms with Crippen molar-refractivity contribution in [3.05, 3.63) is 28.5 Å². The van der Waals surface area contributed by atoms with E-state index in [0.29, 0.717) is 16.8 Å². The van der Waals surface area contributed by atoms with E-state index in [4.69, 9.17) is 15.7 Å². The lowest BCUT2D eigenvalue weighted by atomic mass is 9.86. The molecule has 3 N–H and O–H groups in total. The lowest BCUT2D eigenvalue weighted by molar-refractivity contribution is 0.288. The fourth-order valence-corrected chi connectivity index (χ4v) is 2.05. The van der Waals surface area contributed by atoms with Crippen LogP contribution in [0.1, 0.15) is 33.1 Å². The molecule has 0 radical (unpaired) electrons. The Morgan fingerprint density at radius 1 is 1.45 bits per heavy atom. The van der Waals surface area contributed by atoms with Crippen molar-refractivity contribution in [3.63, 3.8) is 0 Å². The minimum Gasteiger partial charge on any atom is -0.494 e. The van der Waals surface area contributed by atoms with Crippen LogP contribution in [0.5, 0.6) is 5.75 Å². The summed E-state index contributed by atoms with van der Waals surface area (Å²) < 4.78 is 19.0. The van der Waals surface area contributed by atoms with Gasteiger partial charge in [-0.25, -0.2) is 4.39 Å². The fraction of sp³-hybridized carbons (Fsp3) is 0.500. The van der Waals surface area contributed by atoms with E-state index >= 15 is 0 Å². The quantitative estimate of drug-likeness (QED) is 0.258. The van der Waals surface area contributed by atoms with Gasteiger partial charge in [0.25, 0.3) is 0 Å². The number of benzene rings is 1. The average molecular weight is 347 g/mol. The van der Waals surface area contributed by atoms with E-state index < -0.39 is 0 Å². The maximum absolute atomic E-state index is 13.0. The second-order valence-electron chi connectivity index (χ2n) is 5.25. The van der Waals surface area contributed by atoms with Crippen molar-refractivity contribution >= 4 is 21.8 Å². The summed E-state index contributed by atoms with van der Waals surface area (Å²) in [5.41, 5.74) is 5.29. The van der Waals surface area contributed by atoms with Crippen LogP contribution < -0.4 is 10.5 Å². The van der Waals surface area contributed by atoms with E-state index in [1.807, 2.05) is 13.8 Å². The lowest BCUT2D eigenvalue weighted by Crippen LogP contribution is -2.31. The maximum atomic E-state index is 13.0. The van der Waals surface area contributed by atoms with Crippen LogP contribution >= 0.6 is 15.9 Å². The Kier molecular flexibility index (Phi) is 6.26. The Hall–Kier alpha value is -1.30. The minimum atomic E-state index is -0.326. The molecule has 0 atom stereocenters. The highest BCUT2D eigenvalue weighted by Gasteiger charge is 2.22. The standard InChI is InChI=1S/C14H20BrFN2O2/c1-14(2,13(17)18-19)7-3-4-8-20-10-5-6-12(16)11(15)9-10/h5-6,9,19H,3-4,7-8H2,1-2H3,(H2,17,18). The third-order valence-electron chi connectivity index (χ3n) is 3.16. The molecule has 1 aromatic carbocycles. The molecule has 0 fully saturated rings. The van der Waals surface area contributed by atoms with Gasteiger partial charge in [-0.15, -0.1) is 0 Å². The van der Waals surface area contributed by atoms with Crippen molar-refractivity contribution in [3.8, 4) is 5.75 Å². The molecule has 0 aromatic heterocycles. The van der Waals surface area contributed by atoms with Crippen molar-refractivity contribution in [1.82, 2.24) is 0 Å². The van der Waals surface area contributed by atoms with Crippen molar-refractivity contribution < 1.29 is 14.3 Å². The van der Waals surface area contributed by atoms with Gasteiger partial charge < -0.3 is 15.7 Å². The summed E-state index contributed by atoms with van der Waals surface area (Å²) in [4.78, 5) is 0. The number of rotatable bonds is 7. The fourth-order valence-electron chi connectivity index (χ4n) is 1.69. The molecule has 112 valence electrons. The number of nitrogens with zero attached hydrogens (tertiary/aromatic N) is 1. The van der Waals surface area contributed by atoms with Gasteiger partial charge >= 0.3 is 0 Å². The highest BCUT2D eigenvalue weighted by atomic mass is 79.9. The molecule has 4 nitrogen and oxygen atoms in total. The molecular formula is C14H20BrFN2O2. The third kappa shape index (κ3) is 5.00. The molecule has 0 bridgehead atoms. The Balaban J connectivity index is 2.30. The first-order chi connectivity index (χ1) is 9.36. The zero-order chi connectivity index (χ0) is 15.2. The molecule has 6 heteroatoms. The monoisotopic (exact) mass is 346 g/mol. The molecule has 0 unspecified atom stereocenters. The molecule has 0 heterocycles. The summed E-state index contributed by atoms with van der Waals surface area (Å²) in [6.45, 7) is 4.41. The highest BCUT2D eigenvalue weighted by Crippen LogP contribution is 2.24. The zero-order valence-corrected chi connectivity index (χ0v) is 13.3. The molecule has 0 spiro atoms. The molecule has 0 amide bonds. The second-order valence-corrected chi connectivity index (χ2v) is 6.10. The van der Waals surface area contributed by atoms with Crippen molar-refractivity contribution in [2.45, 2.75) is 33.1 Å².